The number of para-hydroxylation sites is 1. The van der Waals surface area contributed by atoms with E-state index in [0.717, 1.165) is 11.3 Å². The average Bonchev–Trinajstić information content (AvgIpc) is 2.38. The molecule has 2 rings (SSSR count). The molecule has 1 N–H and O–H groups in total. The summed E-state index contributed by atoms with van der Waals surface area (Å²) in [7, 11) is 0. The van der Waals surface area contributed by atoms with E-state index in [9.17, 15) is 9.90 Å². The molecule has 0 fully saturated rings. The standard InChI is InChI=1S/C11H10N2O2/c14-11(15)13-10-7-3-5-8-4-1-2-6-9(8)12-10/h1-6H,7H2,(H,12,13)(H,14,15)/p-1. The average molecular weight is 201 g/mol. The number of hydrogen-bond acceptors (Lipinski definition) is 3. The van der Waals surface area contributed by atoms with Crippen molar-refractivity contribution in [2.24, 2.45) is 4.99 Å². The van der Waals surface area contributed by atoms with Crippen molar-refractivity contribution in [3.8, 4) is 0 Å². The first-order valence-corrected chi connectivity index (χ1v) is 4.57. The van der Waals surface area contributed by atoms with Gasteiger partial charge in [0, 0.05) is 6.42 Å². The summed E-state index contributed by atoms with van der Waals surface area (Å²) in [4.78, 5) is 14.6. The fourth-order valence-corrected chi connectivity index (χ4v) is 1.42. The van der Waals surface area contributed by atoms with Gasteiger partial charge in [-0.15, -0.1) is 0 Å². The fourth-order valence-electron chi connectivity index (χ4n) is 1.42. The molecule has 15 heavy (non-hydrogen) atoms. The topological polar surface area (TPSA) is 64.5 Å². The molecule has 4 heteroatoms. The van der Waals surface area contributed by atoms with Crippen LogP contribution in [0.15, 0.2) is 35.3 Å². The number of amidine groups is 1. The molecule has 1 aliphatic rings. The molecule has 0 atom stereocenters. The van der Waals surface area contributed by atoms with E-state index < -0.39 is 6.09 Å². The number of carbonyl (C=O) groups excluding carboxylic acids is 1. The third-order valence-corrected chi connectivity index (χ3v) is 2.05. The Hall–Kier alpha value is -2.10. The van der Waals surface area contributed by atoms with Crippen LogP contribution in [0.2, 0.25) is 0 Å². The number of nitrogens with one attached hydrogen (secondary N) is 1. The van der Waals surface area contributed by atoms with Gasteiger partial charge in [0.2, 0.25) is 0 Å². The Morgan fingerprint density at radius 2 is 2.20 bits per heavy atom. The van der Waals surface area contributed by atoms with Crippen LogP contribution in [0.5, 0.6) is 0 Å². The molecular formula is C11H9N2O2-. The summed E-state index contributed by atoms with van der Waals surface area (Å²) in [5, 5.41) is 12.5. The van der Waals surface area contributed by atoms with Gasteiger partial charge in [-0.1, -0.05) is 30.4 Å². The van der Waals surface area contributed by atoms with Gasteiger partial charge >= 0.3 is 0 Å². The van der Waals surface area contributed by atoms with Gasteiger partial charge < -0.3 is 15.2 Å². The third kappa shape index (κ3) is 2.22. The Labute approximate surface area is 87.0 Å². The number of aliphatic imine (C=N–C) groups is 1. The summed E-state index contributed by atoms with van der Waals surface area (Å²) < 4.78 is 0. The minimum absolute atomic E-state index is 0.385. The van der Waals surface area contributed by atoms with Crippen LogP contribution in [-0.4, -0.2) is 11.9 Å². The van der Waals surface area contributed by atoms with Gasteiger partial charge in [0.1, 0.15) is 11.9 Å². The van der Waals surface area contributed by atoms with E-state index in [1.165, 1.54) is 0 Å². The maximum Gasteiger partial charge on any atom is 0.139 e. The van der Waals surface area contributed by atoms with Crippen molar-refractivity contribution in [1.29, 1.82) is 0 Å². The van der Waals surface area contributed by atoms with E-state index in [1.807, 2.05) is 36.4 Å². The molecule has 76 valence electrons. The summed E-state index contributed by atoms with van der Waals surface area (Å²) in [6, 6.07) is 7.53. The monoisotopic (exact) mass is 201 g/mol. The number of hydrogen-bond donors (Lipinski definition) is 1. The lowest BCUT2D eigenvalue weighted by Crippen LogP contribution is -2.40. The zero-order valence-electron chi connectivity index (χ0n) is 7.93. The van der Waals surface area contributed by atoms with Crippen LogP contribution in [0.25, 0.3) is 6.08 Å². The lowest BCUT2D eigenvalue weighted by atomic mass is 10.2. The van der Waals surface area contributed by atoms with Gasteiger partial charge in [-0.3, -0.25) is 0 Å². The van der Waals surface area contributed by atoms with E-state index in [2.05, 4.69) is 10.3 Å². The Kier molecular flexibility index (Phi) is 2.49. The molecule has 0 aliphatic carbocycles. The van der Waals surface area contributed by atoms with Crippen LogP contribution in [0, 0.1) is 0 Å². The normalized spacial score (nSPS) is 13.7. The van der Waals surface area contributed by atoms with Gasteiger partial charge in [-0.2, -0.15) is 0 Å². The molecule has 1 amide bonds. The van der Waals surface area contributed by atoms with Crippen molar-refractivity contribution in [3.63, 3.8) is 0 Å². The van der Waals surface area contributed by atoms with Crippen molar-refractivity contribution < 1.29 is 9.90 Å². The molecule has 1 aliphatic heterocycles. The van der Waals surface area contributed by atoms with Crippen LogP contribution in [0.4, 0.5) is 10.5 Å². The minimum Gasteiger partial charge on any atom is -0.530 e. The largest absolute Gasteiger partial charge is 0.530 e. The van der Waals surface area contributed by atoms with E-state index in [4.69, 9.17) is 0 Å². The van der Waals surface area contributed by atoms with E-state index in [0.29, 0.717) is 12.3 Å². The highest BCUT2D eigenvalue weighted by molar-refractivity contribution is 5.97. The number of amides is 1. The quantitative estimate of drug-likeness (QED) is 0.682. The Morgan fingerprint density at radius 1 is 1.40 bits per heavy atom. The smallest absolute Gasteiger partial charge is 0.139 e. The summed E-state index contributed by atoms with van der Waals surface area (Å²) in [5.41, 5.74) is 1.74. The van der Waals surface area contributed by atoms with E-state index >= 15 is 0 Å². The highest BCUT2D eigenvalue weighted by atomic mass is 16.4. The number of carbonyl (C=O) groups is 1. The first-order chi connectivity index (χ1) is 7.25. The Bertz CT molecular complexity index is 450. The number of fused-ring (bicyclic) bond motifs is 1. The lowest BCUT2D eigenvalue weighted by Gasteiger charge is -2.07. The van der Waals surface area contributed by atoms with Crippen molar-refractivity contribution in [3.05, 3.63) is 35.9 Å². The molecule has 1 aromatic rings. The van der Waals surface area contributed by atoms with Gasteiger partial charge in [-0.05, 0) is 11.6 Å². The van der Waals surface area contributed by atoms with Crippen LogP contribution < -0.4 is 10.4 Å². The number of carboxylic acid groups (broad SMARTS) is 1. The van der Waals surface area contributed by atoms with Crippen molar-refractivity contribution in [2.45, 2.75) is 6.42 Å². The predicted molar refractivity (Wildman–Crippen MR) is 55.7 cm³/mol. The second-order valence-electron chi connectivity index (χ2n) is 3.14. The number of benzene rings is 1. The second kappa shape index (κ2) is 3.96. The Balaban J connectivity index is 2.36. The lowest BCUT2D eigenvalue weighted by molar-refractivity contribution is -0.248. The van der Waals surface area contributed by atoms with E-state index in [1.54, 1.807) is 0 Å². The molecule has 1 heterocycles. The van der Waals surface area contributed by atoms with Gasteiger partial charge in [0.25, 0.3) is 0 Å². The van der Waals surface area contributed by atoms with Crippen molar-refractivity contribution >= 4 is 23.7 Å². The van der Waals surface area contributed by atoms with Crippen LogP contribution >= 0.6 is 0 Å². The number of rotatable bonds is 0. The maximum atomic E-state index is 10.4. The summed E-state index contributed by atoms with van der Waals surface area (Å²) in [5.74, 6) is 0.385. The van der Waals surface area contributed by atoms with Gasteiger partial charge in [0.05, 0.1) is 5.69 Å². The summed E-state index contributed by atoms with van der Waals surface area (Å²) in [6.45, 7) is 0. The molecule has 1 aromatic carbocycles. The molecule has 0 unspecified atom stereocenters. The summed E-state index contributed by atoms with van der Waals surface area (Å²) in [6.07, 6.45) is 2.91. The molecule has 4 nitrogen and oxygen atoms in total. The Morgan fingerprint density at radius 3 is 3.00 bits per heavy atom. The first-order valence-electron chi connectivity index (χ1n) is 4.57. The summed E-state index contributed by atoms with van der Waals surface area (Å²) >= 11 is 0. The number of nitrogens with zero attached hydrogens (tertiary/aromatic N) is 1. The maximum absolute atomic E-state index is 10.4. The molecule has 0 saturated carbocycles. The second-order valence-corrected chi connectivity index (χ2v) is 3.14. The molecule has 0 aromatic heterocycles. The van der Waals surface area contributed by atoms with Gasteiger partial charge in [0.15, 0.2) is 0 Å². The molecule has 0 bridgehead atoms. The highest BCUT2D eigenvalue weighted by Crippen LogP contribution is 2.22. The third-order valence-electron chi connectivity index (χ3n) is 2.05. The van der Waals surface area contributed by atoms with E-state index in [-0.39, 0.29) is 0 Å². The van der Waals surface area contributed by atoms with Crippen LogP contribution in [0.3, 0.4) is 0 Å². The van der Waals surface area contributed by atoms with Crippen molar-refractivity contribution in [1.82, 2.24) is 5.32 Å². The molecule has 0 saturated heterocycles. The zero-order chi connectivity index (χ0) is 10.7. The van der Waals surface area contributed by atoms with Crippen molar-refractivity contribution in [2.75, 3.05) is 0 Å². The first kappa shape index (κ1) is 9.45. The predicted octanol–water partition coefficient (Wildman–Crippen LogP) is 1.07. The SMILES string of the molecule is O=C([O-])NC1=Nc2ccccc2C=CC1. The van der Waals surface area contributed by atoms with Crippen LogP contribution in [-0.2, 0) is 0 Å². The highest BCUT2D eigenvalue weighted by Gasteiger charge is 2.04. The van der Waals surface area contributed by atoms with Gasteiger partial charge in [-0.25, -0.2) is 4.99 Å². The zero-order valence-corrected chi connectivity index (χ0v) is 7.93. The molecular weight excluding hydrogens is 192 g/mol. The minimum atomic E-state index is -1.33. The fraction of sp³-hybridized carbons (Fsp3) is 0.0909. The molecule has 0 spiro atoms. The van der Waals surface area contributed by atoms with Crippen LogP contribution in [0.1, 0.15) is 12.0 Å². The molecule has 0 radical (unpaired) electrons.